The summed E-state index contributed by atoms with van der Waals surface area (Å²) in [5, 5.41) is 21.2. The van der Waals surface area contributed by atoms with Gasteiger partial charge in [-0.3, -0.25) is 9.36 Å². The molecular weight excluding hydrogens is 598 g/mol. The van der Waals surface area contributed by atoms with E-state index in [2.05, 4.69) is 4.98 Å². The molecular formula is C33H39N3O8S. The van der Waals surface area contributed by atoms with Crippen molar-refractivity contribution in [2.75, 3.05) is 7.11 Å². The number of aliphatic carboxylic acids is 1. The number of benzene rings is 1. The fourth-order valence-electron chi connectivity index (χ4n) is 7.30. The van der Waals surface area contributed by atoms with Crippen LogP contribution in [0.1, 0.15) is 70.1 Å². The van der Waals surface area contributed by atoms with Gasteiger partial charge in [-0.25, -0.2) is 19.1 Å². The third kappa shape index (κ3) is 5.32. The first-order valence-corrected chi connectivity index (χ1v) is 16.1. The smallest absolute Gasteiger partial charge is 0.333 e. The molecule has 0 spiro atoms. The summed E-state index contributed by atoms with van der Waals surface area (Å²) in [6, 6.07) is 7.46. The van der Waals surface area contributed by atoms with E-state index in [9.17, 15) is 24.6 Å². The first kappa shape index (κ1) is 31.3. The van der Waals surface area contributed by atoms with Gasteiger partial charge in [0.1, 0.15) is 28.5 Å². The Hall–Kier alpha value is -3.74. The van der Waals surface area contributed by atoms with Crippen LogP contribution in [-0.2, 0) is 21.6 Å². The largest absolute Gasteiger partial charge is 0.496 e. The number of hydrogen-bond donors (Lipinski definition) is 2. The van der Waals surface area contributed by atoms with E-state index in [1.165, 1.54) is 42.2 Å². The molecule has 11 nitrogen and oxygen atoms in total. The zero-order valence-electron chi connectivity index (χ0n) is 26.1. The second-order valence-electron chi connectivity index (χ2n) is 12.9. The van der Waals surface area contributed by atoms with Gasteiger partial charge in [-0.05, 0) is 76.3 Å². The topological polar surface area (TPSA) is 146 Å². The number of aromatic nitrogens is 3. The van der Waals surface area contributed by atoms with Crippen molar-refractivity contribution >= 4 is 27.5 Å². The number of carbonyl (C=O) groups is 1. The highest BCUT2D eigenvalue weighted by molar-refractivity contribution is 7.22. The molecule has 0 aliphatic heterocycles. The zero-order chi connectivity index (χ0) is 32.3. The van der Waals surface area contributed by atoms with Crippen molar-refractivity contribution in [3.63, 3.8) is 0 Å². The van der Waals surface area contributed by atoms with Gasteiger partial charge in [0.05, 0.1) is 41.8 Å². The van der Waals surface area contributed by atoms with Crippen LogP contribution in [0, 0.1) is 18.8 Å². The summed E-state index contributed by atoms with van der Waals surface area (Å²) < 4.78 is 20.4. The molecule has 0 radical (unpaired) electrons. The minimum absolute atomic E-state index is 0.00138. The fourth-order valence-corrected chi connectivity index (χ4v) is 8.54. The molecule has 1 aromatic carbocycles. The molecule has 0 amide bonds. The van der Waals surface area contributed by atoms with Gasteiger partial charge < -0.3 is 24.1 Å². The van der Waals surface area contributed by atoms with Gasteiger partial charge in [0.25, 0.3) is 5.56 Å². The van der Waals surface area contributed by atoms with Crippen LogP contribution >= 0.6 is 11.3 Å². The number of carboxylic acid groups (broad SMARTS) is 1. The van der Waals surface area contributed by atoms with E-state index in [4.69, 9.17) is 13.9 Å². The first-order valence-electron chi connectivity index (χ1n) is 15.3. The third-order valence-corrected chi connectivity index (χ3v) is 11.2. The lowest BCUT2D eigenvalue weighted by molar-refractivity contribution is -0.146. The number of para-hydroxylation sites is 1. The summed E-state index contributed by atoms with van der Waals surface area (Å²) >= 11 is 1.20. The average Bonchev–Trinajstić information content (AvgIpc) is 3.78. The highest BCUT2D eigenvalue weighted by atomic mass is 32.1. The Morgan fingerprint density at radius 2 is 1.91 bits per heavy atom. The summed E-state index contributed by atoms with van der Waals surface area (Å²) in [7, 11) is 1.58. The molecule has 3 heterocycles. The molecule has 0 bridgehead atoms. The minimum Gasteiger partial charge on any atom is -0.496 e. The number of aryl methyl sites for hydroxylation is 1. The van der Waals surface area contributed by atoms with Crippen molar-refractivity contribution < 1.29 is 28.9 Å². The number of methoxy groups -OCH3 is 1. The Morgan fingerprint density at radius 3 is 2.51 bits per heavy atom. The molecule has 240 valence electrons. The number of aliphatic hydroxyl groups is 1. The molecule has 2 aliphatic rings. The van der Waals surface area contributed by atoms with E-state index < -0.39 is 34.5 Å². The number of rotatable bonds is 10. The van der Waals surface area contributed by atoms with Crippen molar-refractivity contribution in [2.45, 2.75) is 89.7 Å². The lowest BCUT2D eigenvalue weighted by atomic mass is 9.95. The molecule has 6 rings (SSSR count). The molecule has 12 heteroatoms. The van der Waals surface area contributed by atoms with Gasteiger partial charge in [0, 0.05) is 5.56 Å². The number of thiophene rings is 1. The number of oxazole rings is 1. The zero-order valence-corrected chi connectivity index (χ0v) is 26.9. The predicted octanol–water partition coefficient (Wildman–Crippen LogP) is 5.10. The molecule has 5 atom stereocenters. The summed E-state index contributed by atoms with van der Waals surface area (Å²) in [6.07, 6.45) is 5.97. The van der Waals surface area contributed by atoms with Gasteiger partial charge in [0.2, 0.25) is 5.89 Å². The summed E-state index contributed by atoms with van der Waals surface area (Å²) in [5.41, 5.74) is -2.61. The van der Waals surface area contributed by atoms with Crippen LogP contribution in [-0.4, -0.2) is 49.1 Å². The normalized spacial score (nSPS) is 23.8. The van der Waals surface area contributed by atoms with Crippen LogP contribution in [0.4, 0.5) is 0 Å². The Morgan fingerprint density at radius 1 is 1.22 bits per heavy atom. The Balaban J connectivity index is 1.49. The number of nitrogens with zero attached hydrogens (tertiary/aromatic N) is 3. The molecule has 2 saturated carbocycles. The maximum atomic E-state index is 14.3. The lowest BCUT2D eigenvalue weighted by Gasteiger charge is -2.28. The van der Waals surface area contributed by atoms with Crippen LogP contribution in [0.25, 0.3) is 21.0 Å². The second kappa shape index (κ2) is 11.6. The van der Waals surface area contributed by atoms with Crippen LogP contribution in [0.15, 0.2) is 50.7 Å². The first-order chi connectivity index (χ1) is 21.4. The lowest BCUT2D eigenvalue weighted by Crippen LogP contribution is -2.52. The van der Waals surface area contributed by atoms with E-state index in [1.807, 2.05) is 31.2 Å². The van der Waals surface area contributed by atoms with Crippen LogP contribution in [0.5, 0.6) is 5.75 Å². The van der Waals surface area contributed by atoms with Gasteiger partial charge in [-0.1, -0.05) is 25.1 Å². The van der Waals surface area contributed by atoms with Crippen LogP contribution in [0.3, 0.4) is 0 Å². The molecule has 45 heavy (non-hydrogen) atoms. The molecule has 3 aromatic heterocycles. The third-order valence-electron chi connectivity index (χ3n) is 9.85. The van der Waals surface area contributed by atoms with Crippen molar-refractivity contribution in [1.82, 2.24) is 14.1 Å². The quantitative estimate of drug-likeness (QED) is 0.242. The predicted molar refractivity (Wildman–Crippen MR) is 169 cm³/mol. The van der Waals surface area contributed by atoms with E-state index >= 15 is 0 Å². The number of ether oxygens (including phenoxy) is 2. The van der Waals surface area contributed by atoms with Gasteiger partial charge >= 0.3 is 11.7 Å². The fraction of sp³-hybridized carbons (Fsp3) is 0.515. The van der Waals surface area contributed by atoms with Crippen molar-refractivity contribution in [2.24, 2.45) is 11.8 Å². The Labute approximate surface area is 264 Å². The molecule has 0 saturated heterocycles. The van der Waals surface area contributed by atoms with Crippen molar-refractivity contribution in [3.8, 4) is 16.5 Å². The number of carboxylic acids is 1. The van der Waals surface area contributed by atoms with Gasteiger partial charge in [-0.15, -0.1) is 11.3 Å². The highest BCUT2D eigenvalue weighted by Gasteiger charge is 2.48. The van der Waals surface area contributed by atoms with Crippen molar-refractivity contribution in [3.05, 3.63) is 68.7 Å². The maximum Gasteiger partial charge on any atom is 0.333 e. The molecule has 3 unspecified atom stereocenters. The average molecular weight is 638 g/mol. The molecule has 4 aromatic rings. The second-order valence-corrected chi connectivity index (χ2v) is 13.9. The van der Waals surface area contributed by atoms with Crippen LogP contribution < -0.4 is 16.0 Å². The minimum atomic E-state index is -1.83. The van der Waals surface area contributed by atoms with E-state index in [1.54, 1.807) is 14.0 Å². The standard InChI is InChI=1S/C33H39N3O8S/c1-6-33(41)15-19-13-21(14-20(19)16-33)44-24(22-9-7-8-10-23(22)42-5)17-35-29-25(18(2)26(45-29)27-34-11-12-43-27)28(37)36(31(35)40)32(3,4)30(38)39/h7-12,19-21,24,41H,6,13-17H2,1-5H3,(H,38,39)/t19-,20+,21?,24?,33?. The van der Waals surface area contributed by atoms with Crippen molar-refractivity contribution in [1.29, 1.82) is 0 Å². The van der Waals surface area contributed by atoms with E-state index in [0.717, 1.165) is 42.2 Å². The maximum absolute atomic E-state index is 14.3. The Bertz CT molecular complexity index is 1840. The van der Waals surface area contributed by atoms with Gasteiger partial charge in [-0.2, -0.15) is 0 Å². The monoisotopic (exact) mass is 637 g/mol. The molecule has 2 fully saturated rings. The van der Waals surface area contributed by atoms with E-state index in [0.29, 0.717) is 38.7 Å². The highest BCUT2D eigenvalue weighted by Crippen LogP contribution is 2.51. The van der Waals surface area contributed by atoms with E-state index in [-0.39, 0.29) is 18.0 Å². The SMILES string of the molecule is CCC1(O)C[C@H]2CC(OC(Cn3c(=O)n(C(C)(C)C(=O)O)c(=O)c4c(C)c(-c5ncco5)sc43)c3ccccc3OC)C[C@H]2C1. The van der Waals surface area contributed by atoms with Crippen LogP contribution in [0.2, 0.25) is 0 Å². The summed E-state index contributed by atoms with van der Waals surface area (Å²) in [6.45, 7) is 6.45. The molecule has 2 aliphatic carbocycles. The summed E-state index contributed by atoms with van der Waals surface area (Å²) in [5.74, 6) is 0.296. The number of hydrogen-bond acceptors (Lipinski definition) is 9. The summed E-state index contributed by atoms with van der Waals surface area (Å²) in [4.78, 5) is 45.9. The van der Waals surface area contributed by atoms with Gasteiger partial charge in [0.15, 0.2) is 0 Å². The molecule has 2 N–H and O–H groups in total. The Kier molecular flexibility index (Phi) is 8.03. The number of fused-ring (bicyclic) bond motifs is 2.